The lowest BCUT2D eigenvalue weighted by Crippen LogP contribution is -2.35. The van der Waals surface area contributed by atoms with Crippen LogP contribution >= 0.6 is 11.3 Å². The van der Waals surface area contributed by atoms with Gasteiger partial charge in [-0.3, -0.25) is 14.5 Å². The number of ether oxygens (including phenoxy) is 1. The molecule has 0 saturated carbocycles. The number of carbonyl (C=O) groups is 2. The van der Waals surface area contributed by atoms with Gasteiger partial charge < -0.3 is 4.74 Å². The largest absolute Gasteiger partial charge is 0.484 e. The minimum atomic E-state index is -0.258. The summed E-state index contributed by atoms with van der Waals surface area (Å²) in [5.41, 5.74) is 1.64. The van der Waals surface area contributed by atoms with E-state index in [2.05, 4.69) is 5.10 Å². The smallest absolute Gasteiger partial charge is 0.278 e. The number of nitrogens with zero attached hydrogens (tertiary/aromatic N) is 3. The fourth-order valence-electron chi connectivity index (χ4n) is 3.00. The summed E-state index contributed by atoms with van der Waals surface area (Å²) in [6, 6.07) is 22.0. The van der Waals surface area contributed by atoms with Gasteiger partial charge in [0.2, 0.25) is 0 Å². The first kappa shape index (κ1) is 20.6. The summed E-state index contributed by atoms with van der Waals surface area (Å²) >= 11 is 1.55. The van der Waals surface area contributed by atoms with Crippen LogP contribution < -0.4 is 9.64 Å². The van der Waals surface area contributed by atoms with E-state index >= 15 is 0 Å². The average Bonchev–Trinajstić information content (AvgIpc) is 3.49. The van der Waals surface area contributed by atoms with E-state index in [4.69, 9.17) is 4.74 Å². The number of carbonyl (C=O) groups excluding carboxylic acids is 2. The molecular formula is C24H21N3O3S. The summed E-state index contributed by atoms with van der Waals surface area (Å²) in [5, 5.41) is 6.33. The van der Waals surface area contributed by atoms with Gasteiger partial charge in [-0.05, 0) is 42.6 Å². The lowest BCUT2D eigenvalue weighted by Gasteiger charge is -2.20. The van der Waals surface area contributed by atoms with E-state index in [1.54, 1.807) is 47.9 Å². The number of aromatic nitrogens is 2. The summed E-state index contributed by atoms with van der Waals surface area (Å²) in [5.74, 6) is 0.521. The molecule has 4 aromatic rings. The highest BCUT2D eigenvalue weighted by Gasteiger charge is 2.21. The summed E-state index contributed by atoms with van der Waals surface area (Å²) < 4.78 is 6.93. The second kappa shape index (κ2) is 9.40. The molecule has 2 aromatic heterocycles. The summed E-state index contributed by atoms with van der Waals surface area (Å²) in [7, 11) is 0. The van der Waals surface area contributed by atoms with Gasteiger partial charge in [0.15, 0.2) is 12.4 Å². The SMILES string of the molecule is Cc1ccc(OCC(=O)N(Cc2cccs2)c2ccn(C(=O)c3ccccc3)n2)cc1. The standard InChI is InChI=1S/C24H21N3O3S/c1-18-9-11-20(12-10-18)30-17-23(28)26(16-21-8-5-15-31-21)22-13-14-27(25-22)24(29)19-6-3-2-4-7-19/h2-15H,16-17H2,1H3. The fraction of sp³-hybridized carbons (Fsp3) is 0.125. The molecule has 156 valence electrons. The van der Waals surface area contributed by atoms with Crippen LogP contribution in [0.1, 0.15) is 20.8 Å². The first-order valence-corrected chi connectivity index (χ1v) is 10.7. The van der Waals surface area contributed by atoms with Crippen molar-refractivity contribution in [2.45, 2.75) is 13.5 Å². The third kappa shape index (κ3) is 5.07. The Hall–Kier alpha value is -3.71. The molecule has 31 heavy (non-hydrogen) atoms. The van der Waals surface area contributed by atoms with Gasteiger partial charge in [-0.15, -0.1) is 16.4 Å². The number of rotatable bonds is 7. The second-order valence-corrected chi connectivity index (χ2v) is 7.98. The zero-order valence-electron chi connectivity index (χ0n) is 17.0. The second-order valence-electron chi connectivity index (χ2n) is 6.95. The number of hydrogen-bond donors (Lipinski definition) is 0. The van der Waals surface area contributed by atoms with Gasteiger partial charge in [0, 0.05) is 22.7 Å². The van der Waals surface area contributed by atoms with E-state index in [0.717, 1.165) is 10.4 Å². The molecule has 0 radical (unpaired) electrons. The predicted molar refractivity (Wildman–Crippen MR) is 121 cm³/mol. The Labute approximate surface area is 184 Å². The van der Waals surface area contributed by atoms with Crippen LogP contribution in [-0.2, 0) is 11.3 Å². The van der Waals surface area contributed by atoms with Crippen LogP contribution in [0.4, 0.5) is 5.82 Å². The molecule has 1 amide bonds. The molecule has 7 heteroatoms. The lowest BCUT2D eigenvalue weighted by atomic mass is 10.2. The Bertz CT molecular complexity index is 1150. The van der Waals surface area contributed by atoms with Gasteiger partial charge in [0.05, 0.1) is 6.54 Å². The molecule has 4 rings (SSSR count). The molecule has 6 nitrogen and oxygen atoms in total. The molecule has 2 aromatic carbocycles. The van der Waals surface area contributed by atoms with Crippen LogP contribution in [0.25, 0.3) is 0 Å². The molecule has 0 N–H and O–H groups in total. The molecule has 0 spiro atoms. The summed E-state index contributed by atoms with van der Waals surface area (Å²) in [4.78, 5) is 28.3. The van der Waals surface area contributed by atoms with Crippen molar-refractivity contribution in [2.75, 3.05) is 11.5 Å². The van der Waals surface area contributed by atoms with E-state index in [0.29, 0.717) is 23.7 Å². The van der Waals surface area contributed by atoms with Crippen molar-refractivity contribution >= 4 is 29.0 Å². The van der Waals surface area contributed by atoms with Gasteiger partial charge in [-0.1, -0.05) is 42.0 Å². The van der Waals surface area contributed by atoms with Crippen molar-refractivity contribution in [3.63, 3.8) is 0 Å². The zero-order chi connectivity index (χ0) is 21.6. The van der Waals surface area contributed by atoms with Gasteiger partial charge in [-0.25, -0.2) is 4.68 Å². The topological polar surface area (TPSA) is 64.4 Å². The quantitative estimate of drug-likeness (QED) is 0.431. The number of amides is 1. The Morgan fingerprint density at radius 3 is 2.48 bits per heavy atom. The number of hydrogen-bond acceptors (Lipinski definition) is 5. The first-order chi connectivity index (χ1) is 15.1. The predicted octanol–water partition coefficient (Wildman–Crippen LogP) is 4.55. The molecular weight excluding hydrogens is 410 g/mol. The van der Waals surface area contributed by atoms with Crippen LogP contribution in [0.3, 0.4) is 0 Å². The zero-order valence-corrected chi connectivity index (χ0v) is 17.8. The van der Waals surface area contributed by atoms with Gasteiger partial charge in [0.25, 0.3) is 11.8 Å². The van der Waals surface area contributed by atoms with E-state index in [1.165, 1.54) is 9.58 Å². The highest BCUT2D eigenvalue weighted by molar-refractivity contribution is 7.09. The lowest BCUT2D eigenvalue weighted by molar-refractivity contribution is -0.120. The Kier molecular flexibility index (Phi) is 6.24. The van der Waals surface area contributed by atoms with E-state index < -0.39 is 0 Å². The van der Waals surface area contributed by atoms with Crippen LogP contribution in [0.2, 0.25) is 0 Å². The van der Waals surface area contributed by atoms with E-state index in [-0.39, 0.29) is 18.4 Å². The molecule has 0 fully saturated rings. The average molecular weight is 432 g/mol. The number of thiophene rings is 1. The number of anilines is 1. The number of aryl methyl sites for hydroxylation is 1. The fourth-order valence-corrected chi connectivity index (χ4v) is 3.69. The van der Waals surface area contributed by atoms with Gasteiger partial charge in [0.1, 0.15) is 5.75 Å². The Morgan fingerprint density at radius 2 is 1.77 bits per heavy atom. The molecule has 0 aliphatic heterocycles. The van der Waals surface area contributed by atoms with E-state index in [1.807, 2.05) is 54.8 Å². The monoisotopic (exact) mass is 431 g/mol. The van der Waals surface area contributed by atoms with E-state index in [9.17, 15) is 9.59 Å². The molecule has 0 aliphatic rings. The molecule has 0 saturated heterocycles. The maximum Gasteiger partial charge on any atom is 0.278 e. The molecule has 0 unspecified atom stereocenters. The third-order valence-corrected chi connectivity index (χ3v) is 5.52. The normalized spacial score (nSPS) is 10.6. The van der Waals surface area contributed by atoms with Crippen LogP contribution in [0.15, 0.2) is 84.4 Å². The van der Waals surface area contributed by atoms with Crippen LogP contribution in [0, 0.1) is 6.92 Å². The maximum absolute atomic E-state index is 13.0. The molecule has 2 heterocycles. The number of benzene rings is 2. The van der Waals surface area contributed by atoms with Crippen LogP contribution in [-0.4, -0.2) is 28.2 Å². The van der Waals surface area contributed by atoms with Crippen LogP contribution in [0.5, 0.6) is 5.75 Å². The van der Waals surface area contributed by atoms with Crippen molar-refractivity contribution in [1.29, 1.82) is 0 Å². The minimum absolute atomic E-state index is 0.131. The van der Waals surface area contributed by atoms with Crippen molar-refractivity contribution in [2.24, 2.45) is 0 Å². The van der Waals surface area contributed by atoms with Crippen molar-refractivity contribution in [1.82, 2.24) is 9.78 Å². The van der Waals surface area contributed by atoms with Gasteiger partial charge in [-0.2, -0.15) is 0 Å². The maximum atomic E-state index is 13.0. The molecule has 0 atom stereocenters. The van der Waals surface area contributed by atoms with Crippen molar-refractivity contribution in [3.05, 3.63) is 100 Å². The third-order valence-electron chi connectivity index (χ3n) is 4.66. The van der Waals surface area contributed by atoms with Crippen molar-refractivity contribution in [3.8, 4) is 5.75 Å². The van der Waals surface area contributed by atoms with Gasteiger partial charge >= 0.3 is 0 Å². The summed E-state index contributed by atoms with van der Waals surface area (Å²) in [6.07, 6.45) is 1.57. The Balaban J connectivity index is 1.53. The highest BCUT2D eigenvalue weighted by Crippen LogP contribution is 2.20. The molecule has 0 bridgehead atoms. The minimum Gasteiger partial charge on any atom is -0.484 e. The summed E-state index contributed by atoms with van der Waals surface area (Å²) in [6.45, 7) is 2.21. The van der Waals surface area contributed by atoms with Crippen molar-refractivity contribution < 1.29 is 14.3 Å². The molecule has 0 aliphatic carbocycles. The Morgan fingerprint density at radius 1 is 1.00 bits per heavy atom. The highest BCUT2D eigenvalue weighted by atomic mass is 32.1. The first-order valence-electron chi connectivity index (χ1n) is 9.78.